The molecule has 0 amide bonds. The Morgan fingerprint density at radius 2 is 1.39 bits per heavy atom. The summed E-state index contributed by atoms with van der Waals surface area (Å²) in [4.78, 5) is 6.99. The molecule has 2 nitrogen and oxygen atoms in total. The number of benzene rings is 3. The predicted octanol–water partition coefficient (Wildman–Crippen LogP) is 7.43. The van der Waals surface area contributed by atoms with Gasteiger partial charge in [-0.1, -0.05) is 54.6 Å². The van der Waals surface area contributed by atoms with Gasteiger partial charge in [0.2, 0.25) is 0 Å². The van der Waals surface area contributed by atoms with Crippen molar-refractivity contribution in [2.24, 2.45) is 0 Å². The second kappa shape index (κ2) is 7.29. The van der Waals surface area contributed by atoms with Crippen LogP contribution in [0.3, 0.4) is 0 Å². The highest BCUT2D eigenvalue weighted by Gasteiger charge is 2.13. The fourth-order valence-corrected chi connectivity index (χ4v) is 4.23. The maximum absolute atomic E-state index is 4.73. The first-order chi connectivity index (χ1) is 13.9. The number of hydrogen-bond donors (Lipinski definition) is 0. The van der Waals surface area contributed by atoms with Crippen LogP contribution in [-0.4, -0.2) is 4.98 Å². The lowest BCUT2D eigenvalue weighted by molar-refractivity contribution is 1.23. The quantitative estimate of drug-likeness (QED) is 0.323. The van der Waals surface area contributed by atoms with Crippen LogP contribution >= 0.6 is 11.3 Å². The van der Waals surface area contributed by atoms with E-state index in [9.17, 15) is 0 Å². The summed E-state index contributed by atoms with van der Waals surface area (Å²) in [7, 11) is 0. The van der Waals surface area contributed by atoms with Crippen molar-refractivity contribution in [3.8, 4) is 11.3 Å². The Morgan fingerprint density at radius 1 is 0.643 bits per heavy atom. The average Bonchev–Trinajstić information content (AvgIpc) is 3.24. The lowest BCUT2D eigenvalue weighted by Crippen LogP contribution is -2.10. The zero-order valence-electron chi connectivity index (χ0n) is 15.2. The first-order valence-electron chi connectivity index (χ1n) is 9.22. The van der Waals surface area contributed by atoms with Crippen LogP contribution in [0.5, 0.6) is 0 Å². The summed E-state index contributed by atoms with van der Waals surface area (Å²) in [6.07, 6.45) is 1.95. The second-order valence-electron chi connectivity index (χ2n) is 6.58. The molecule has 28 heavy (non-hydrogen) atoms. The van der Waals surface area contributed by atoms with Crippen molar-refractivity contribution in [1.29, 1.82) is 0 Å². The molecule has 0 aliphatic rings. The average molecular weight is 379 g/mol. The van der Waals surface area contributed by atoms with Crippen LogP contribution in [0, 0.1) is 0 Å². The van der Waals surface area contributed by atoms with Gasteiger partial charge in [-0.3, -0.25) is 4.98 Å². The molecule has 0 fully saturated rings. The van der Waals surface area contributed by atoms with Gasteiger partial charge in [0, 0.05) is 21.6 Å². The molecule has 5 aromatic rings. The number of fused-ring (bicyclic) bond motifs is 1. The van der Waals surface area contributed by atoms with Gasteiger partial charge in [-0.2, -0.15) is 0 Å². The number of nitrogens with zero attached hydrogens (tertiary/aromatic N) is 2. The number of thiophene rings is 1. The van der Waals surface area contributed by atoms with Crippen molar-refractivity contribution in [1.82, 2.24) is 4.98 Å². The van der Waals surface area contributed by atoms with Gasteiger partial charge in [-0.05, 0) is 53.2 Å². The van der Waals surface area contributed by atoms with Crippen LogP contribution in [0.1, 0.15) is 0 Å². The number of aromatic nitrogens is 1. The Kier molecular flexibility index (Phi) is 4.36. The topological polar surface area (TPSA) is 16.1 Å². The normalized spacial score (nSPS) is 10.9. The molecule has 0 radical (unpaired) electrons. The van der Waals surface area contributed by atoms with Crippen LogP contribution in [0.15, 0.2) is 109 Å². The second-order valence-corrected chi connectivity index (χ2v) is 7.53. The van der Waals surface area contributed by atoms with Gasteiger partial charge in [0.05, 0.1) is 17.6 Å². The maximum atomic E-state index is 4.73. The zero-order valence-corrected chi connectivity index (χ0v) is 16.0. The van der Waals surface area contributed by atoms with Gasteiger partial charge in [-0.15, -0.1) is 11.3 Å². The summed E-state index contributed by atoms with van der Waals surface area (Å²) in [6, 6.07) is 33.7. The Balaban J connectivity index is 1.60. The summed E-state index contributed by atoms with van der Waals surface area (Å²) >= 11 is 1.77. The number of pyridine rings is 1. The summed E-state index contributed by atoms with van der Waals surface area (Å²) in [5.74, 6) is 0. The zero-order chi connectivity index (χ0) is 18.8. The molecule has 5 rings (SSSR count). The first-order valence-corrected chi connectivity index (χ1v) is 10.1. The SMILES string of the molecule is c1ccc(-c2ccc(N(c3ccccc3)c3ccc4ccsc4c3)cn2)cc1. The molecule has 0 atom stereocenters. The molecule has 0 aliphatic carbocycles. The van der Waals surface area contributed by atoms with Gasteiger partial charge >= 0.3 is 0 Å². The van der Waals surface area contributed by atoms with Crippen molar-refractivity contribution in [2.45, 2.75) is 0 Å². The molecule has 3 heteroatoms. The Bertz CT molecular complexity index is 1200. The van der Waals surface area contributed by atoms with Crippen molar-refractivity contribution < 1.29 is 0 Å². The van der Waals surface area contributed by atoms with Crippen molar-refractivity contribution in [3.05, 3.63) is 109 Å². The molecule has 134 valence electrons. The summed E-state index contributed by atoms with van der Waals surface area (Å²) in [5, 5.41) is 3.41. The maximum Gasteiger partial charge on any atom is 0.0703 e. The van der Waals surface area contributed by atoms with Gasteiger partial charge < -0.3 is 4.90 Å². The predicted molar refractivity (Wildman–Crippen MR) is 120 cm³/mol. The Hall–Kier alpha value is -3.43. The van der Waals surface area contributed by atoms with E-state index in [1.54, 1.807) is 11.3 Å². The first kappa shape index (κ1) is 16.7. The summed E-state index contributed by atoms with van der Waals surface area (Å²) in [5.41, 5.74) is 5.40. The van der Waals surface area contributed by atoms with E-state index in [1.807, 2.05) is 30.5 Å². The van der Waals surface area contributed by atoms with Gasteiger partial charge in [0.15, 0.2) is 0 Å². The smallest absolute Gasteiger partial charge is 0.0703 e. The molecular formula is C25H18N2S. The van der Waals surface area contributed by atoms with Crippen LogP contribution in [-0.2, 0) is 0 Å². The molecule has 0 saturated carbocycles. The number of hydrogen-bond acceptors (Lipinski definition) is 3. The van der Waals surface area contributed by atoms with E-state index in [-0.39, 0.29) is 0 Å². The molecule has 2 heterocycles. The van der Waals surface area contributed by atoms with Crippen molar-refractivity contribution in [2.75, 3.05) is 4.90 Å². The Morgan fingerprint density at radius 3 is 2.14 bits per heavy atom. The molecule has 0 aliphatic heterocycles. The molecule has 0 bridgehead atoms. The summed E-state index contributed by atoms with van der Waals surface area (Å²) < 4.78 is 1.28. The number of rotatable bonds is 4. The molecular weight excluding hydrogens is 360 g/mol. The third kappa shape index (κ3) is 3.17. The van der Waals surface area contributed by atoms with Crippen molar-refractivity contribution >= 4 is 38.5 Å². The number of anilines is 3. The molecule has 0 spiro atoms. The molecule has 2 aromatic heterocycles. The minimum atomic E-state index is 0.978. The van der Waals surface area contributed by atoms with Crippen LogP contribution < -0.4 is 4.90 Å². The minimum absolute atomic E-state index is 0.978. The fraction of sp³-hybridized carbons (Fsp3) is 0. The molecule has 0 N–H and O–H groups in total. The van der Waals surface area contributed by atoms with E-state index in [0.29, 0.717) is 0 Å². The highest BCUT2D eigenvalue weighted by molar-refractivity contribution is 7.17. The molecule has 0 unspecified atom stereocenters. The van der Waals surface area contributed by atoms with Gasteiger partial charge in [0.1, 0.15) is 0 Å². The number of para-hydroxylation sites is 1. The van der Waals surface area contributed by atoms with E-state index >= 15 is 0 Å². The monoisotopic (exact) mass is 378 g/mol. The molecule has 0 saturated heterocycles. The minimum Gasteiger partial charge on any atom is -0.309 e. The highest BCUT2D eigenvalue weighted by atomic mass is 32.1. The third-order valence-corrected chi connectivity index (χ3v) is 5.67. The van der Waals surface area contributed by atoms with Gasteiger partial charge in [-0.25, -0.2) is 0 Å². The van der Waals surface area contributed by atoms with E-state index in [0.717, 1.165) is 28.3 Å². The van der Waals surface area contributed by atoms with Crippen LogP contribution in [0.25, 0.3) is 21.3 Å². The summed E-state index contributed by atoms with van der Waals surface area (Å²) in [6.45, 7) is 0. The van der Waals surface area contributed by atoms with E-state index < -0.39 is 0 Å². The van der Waals surface area contributed by atoms with Crippen molar-refractivity contribution in [3.63, 3.8) is 0 Å². The standard InChI is InChI=1S/C25H18N2S/c1-3-7-19(8-4-1)24-14-13-23(18-26-24)27(21-9-5-2-6-10-21)22-12-11-20-15-16-28-25(20)17-22/h1-18H. The van der Waals surface area contributed by atoms with Crippen LogP contribution in [0.4, 0.5) is 17.1 Å². The van der Waals surface area contributed by atoms with E-state index in [2.05, 4.69) is 83.1 Å². The van der Waals surface area contributed by atoms with Crippen LogP contribution in [0.2, 0.25) is 0 Å². The molecule has 3 aromatic carbocycles. The van der Waals surface area contributed by atoms with E-state index in [4.69, 9.17) is 4.98 Å². The lowest BCUT2D eigenvalue weighted by atomic mass is 10.1. The fourth-order valence-electron chi connectivity index (χ4n) is 3.40. The highest BCUT2D eigenvalue weighted by Crippen LogP contribution is 2.37. The van der Waals surface area contributed by atoms with Gasteiger partial charge in [0.25, 0.3) is 0 Å². The largest absolute Gasteiger partial charge is 0.309 e. The third-order valence-electron chi connectivity index (χ3n) is 4.79. The lowest BCUT2D eigenvalue weighted by Gasteiger charge is -2.25. The Labute approximate surface area is 168 Å². The van der Waals surface area contributed by atoms with E-state index in [1.165, 1.54) is 10.1 Å².